The minimum absolute atomic E-state index is 0.0903. The molecule has 1 aromatic carbocycles. The molecule has 1 aromatic heterocycles. The van der Waals surface area contributed by atoms with Crippen LogP contribution < -0.4 is 0 Å². The number of nitriles is 1. The molecule has 17 heavy (non-hydrogen) atoms. The Morgan fingerprint density at radius 1 is 1.12 bits per heavy atom. The van der Waals surface area contributed by atoms with Crippen LogP contribution in [0.1, 0.15) is 5.69 Å². The van der Waals surface area contributed by atoms with Crippen molar-refractivity contribution in [2.24, 2.45) is 0 Å². The second-order valence-corrected chi connectivity index (χ2v) is 3.49. The Morgan fingerprint density at radius 2 is 1.82 bits per heavy atom. The first-order chi connectivity index (χ1) is 8.20. The van der Waals surface area contributed by atoms with Crippen LogP contribution in [0.4, 0.5) is 8.78 Å². The van der Waals surface area contributed by atoms with E-state index in [0.29, 0.717) is 16.8 Å². The molecule has 2 rings (SSSR count). The van der Waals surface area contributed by atoms with Gasteiger partial charge in [-0.1, -0.05) is 12.1 Å². The van der Waals surface area contributed by atoms with Gasteiger partial charge in [0.05, 0.1) is 24.4 Å². The lowest BCUT2D eigenvalue weighted by Gasteiger charge is -2.06. The van der Waals surface area contributed by atoms with E-state index in [4.69, 9.17) is 5.26 Å². The average molecular weight is 230 g/mol. The van der Waals surface area contributed by atoms with Gasteiger partial charge in [-0.25, -0.2) is 8.78 Å². The zero-order chi connectivity index (χ0) is 12.3. The summed E-state index contributed by atoms with van der Waals surface area (Å²) in [5.74, 6) is -0.842. The Morgan fingerprint density at radius 3 is 2.47 bits per heavy atom. The van der Waals surface area contributed by atoms with E-state index in [-0.39, 0.29) is 12.2 Å². The van der Waals surface area contributed by atoms with Crippen LogP contribution in [-0.2, 0) is 6.42 Å². The molecule has 0 aliphatic carbocycles. The van der Waals surface area contributed by atoms with Gasteiger partial charge < -0.3 is 0 Å². The average Bonchev–Trinajstić information content (AvgIpc) is 2.33. The summed E-state index contributed by atoms with van der Waals surface area (Å²) in [5.41, 5.74) is 1.65. The number of rotatable bonds is 2. The first-order valence-electron chi connectivity index (χ1n) is 4.98. The van der Waals surface area contributed by atoms with Crippen molar-refractivity contribution in [2.45, 2.75) is 6.42 Å². The van der Waals surface area contributed by atoms with Crippen molar-refractivity contribution in [3.8, 4) is 17.2 Å². The zero-order valence-corrected chi connectivity index (χ0v) is 8.82. The minimum Gasteiger partial charge on any atom is -0.257 e. The van der Waals surface area contributed by atoms with Gasteiger partial charge in [-0.3, -0.25) is 4.98 Å². The number of hydrogen-bond acceptors (Lipinski definition) is 2. The molecule has 0 aliphatic rings. The van der Waals surface area contributed by atoms with Gasteiger partial charge in [0.25, 0.3) is 0 Å². The normalized spacial score (nSPS) is 9.94. The van der Waals surface area contributed by atoms with Gasteiger partial charge >= 0.3 is 0 Å². The van der Waals surface area contributed by atoms with Gasteiger partial charge in [0.1, 0.15) is 11.6 Å². The highest BCUT2D eigenvalue weighted by atomic mass is 19.1. The van der Waals surface area contributed by atoms with Crippen LogP contribution in [0, 0.1) is 23.0 Å². The largest absolute Gasteiger partial charge is 0.257 e. The highest BCUT2D eigenvalue weighted by Crippen LogP contribution is 2.23. The Bertz CT molecular complexity index is 571. The van der Waals surface area contributed by atoms with Gasteiger partial charge in [-0.05, 0) is 23.8 Å². The van der Waals surface area contributed by atoms with Crippen molar-refractivity contribution < 1.29 is 8.78 Å². The van der Waals surface area contributed by atoms with E-state index < -0.39 is 5.82 Å². The summed E-state index contributed by atoms with van der Waals surface area (Å²) in [6.07, 6.45) is 1.16. The molecule has 0 atom stereocenters. The molecule has 0 bridgehead atoms. The number of hydrogen-bond donors (Lipinski definition) is 0. The van der Waals surface area contributed by atoms with E-state index in [1.165, 1.54) is 30.3 Å². The Balaban J connectivity index is 2.53. The summed E-state index contributed by atoms with van der Waals surface area (Å²) in [6, 6.07) is 8.91. The Labute approximate surface area is 97.2 Å². The van der Waals surface area contributed by atoms with Crippen LogP contribution in [0.5, 0.6) is 0 Å². The molecule has 0 saturated heterocycles. The second-order valence-electron chi connectivity index (χ2n) is 3.49. The fourth-order valence-electron chi connectivity index (χ4n) is 1.56. The van der Waals surface area contributed by atoms with Crippen molar-refractivity contribution in [2.75, 3.05) is 0 Å². The first-order valence-corrected chi connectivity index (χ1v) is 4.98. The maximum Gasteiger partial charge on any atom is 0.142 e. The first kappa shape index (κ1) is 11.2. The summed E-state index contributed by atoms with van der Waals surface area (Å²) in [4.78, 5) is 3.88. The van der Waals surface area contributed by atoms with Crippen molar-refractivity contribution in [3.05, 3.63) is 53.9 Å². The molecule has 2 nitrogen and oxygen atoms in total. The Kier molecular flexibility index (Phi) is 3.10. The van der Waals surface area contributed by atoms with E-state index in [0.717, 1.165) is 6.20 Å². The zero-order valence-electron chi connectivity index (χ0n) is 8.82. The van der Waals surface area contributed by atoms with Crippen LogP contribution in [-0.4, -0.2) is 4.98 Å². The minimum atomic E-state index is -0.481. The van der Waals surface area contributed by atoms with Gasteiger partial charge in [-0.2, -0.15) is 5.26 Å². The molecule has 1 heterocycles. The molecule has 4 heteroatoms. The van der Waals surface area contributed by atoms with Crippen molar-refractivity contribution >= 4 is 0 Å². The van der Waals surface area contributed by atoms with Crippen LogP contribution >= 0.6 is 0 Å². The molecule has 0 aliphatic heterocycles. The summed E-state index contributed by atoms with van der Waals surface area (Å²) < 4.78 is 25.9. The fourth-order valence-corrected chi connectivity index (χ4v) is 1.56. The standard InChI is InChI=1S/C13H8F2N2/c14-10-3-1-9(2-4-10)12-7-11(15)8-17-13(12)5-6-16/h1-4,7-8H,5H2. The van der Waals surface area contributed by atoms with Crippen molar-refractivity contribution in [3.63, 3.8) is 0 Å². The SMILES string of the molecule is N#CCc1ncc(F)cc1-c1ccc(F)cc1. The monoisotopic (exact) mass is 230 g/mol. The molecule has 0 spiro atoms. The lowest BCUT2D eigenvalue weighted by atomic mass is 10.0. The predicted octanol–water partition coefficient (Wildman–Crippen LogP) is 3.09. The van der Waals surface area contributed by atoms with Gasteiger partial charge in [0, 0.05) is 5.56 Å². The number of benzene rings is 1. The lowest BCUT2D eigenvalue weighted by Crippen LogP contribution is -1.94. The molecule has 0 amide bonds. The van der Waals surface area contributed by atoms with E-state index in [1.54, 1.807) is 0 Å². The van der Waals surface area contributed by atoms with Gasteiger partial charge in [0.15, 0.2) is 0 Å². The quantitative estimate of drug-likeness (QED) is 0.794. The summed E-state index contributed by atoms with van der Waals surface area (Å²) in [7, 11) is 0. The highest BCUT2D eigenvalue weighted by molar-refractivity contribution is 5.66. The third-order valence-electron chi connectivity index (χ3n) is 2.34. The van der Waals surface area contributed by atoms with E-state index in [2.05, 4.69) is 4.98 Å². The second kappa shape index (κ2) is 4.71. The number of halogens is 2. The predicted molar refractivity (Wildman–Crippen MR) is 58.9 cm³/mol. The Hall–Kier alpha value is -2.28. The molecule has 0 N–H and O–H groups in total. The van der Waals surface area contributed by atoms with Crippen LogP contribution in [0.15, 0.2) is 36.5 Å². The topological polar surface area (TPSA) is 36.7 Å². The smallest absolute Gasteiger partial charge is 0.142 e. The van der Waals surface area contributed by atoms with Gasteiger partial charge in [-0.15, -0.1) is 0 Å². The van der Waals surface area contributed by atoms with Crippen LogP contribution in [0.3, 0.4) is 0 Å². The van der Waals surface area contributed by atoms with Crippen molar-refractivity contribution in [1.29, 1.82) is 5.26 Å². The molecular formula is C13H8F2N2. The summed E-state index contributed by atoms with van der Waals surface area (Å²) in [5, 5.41) is 8.66. The molecule has 84 valence electrons. The maximum absolute atomic E-state index is 13.1. The fraction of sp³-hybridized carbons (Fsp3) is 0.0769. The van der Waals surface area contributed by atoms with Crippen molar-refractivity contribution in [1.82, 2.24) is 4.98 Å². The van der Waals surface area contributed by atoms with E-state index >= 15 is 0 Å². The summed E-state index contributed by atoms with van der Waals surface area (Å²) >= 11 is 0. The molecule has 0 unspecified atom stereocenters. The third-order valence-corrected chi connectivity index (χ3v) is 2.34. The highest BCUT2D eigenvalue weighted by Gasteiger charge is 2.08. The van der Waals surface area contributed by atoms with E-state index in [1.807, 2.05) is 6.07 Å². The molecular weight excluding hydrogens is 222 g/mol. The van der Waals surface area contributed by atoms with Crippen LogP contribution in [0.2, 0.25) is 0 Å². The molecule has 0 radical (unpaired) electrons. The number of nitrogens with zero attached hydrogens (tertiary/aromatic N) is 2. The summed E-state index contributed by atoms with van der Waals surface area (Å²) in [6.45, 7) is 0. The maximum atomic E-state index is 13.1. The van der Waals surface area contributed by atoms with Crippen LogP contribution in [0.25, 0.3) is 11.1 Å². The number of pyridine rings is 1. The molecule has 0 saturated carbocycles. The van der Waals surface area contributed by atoms with Gasteiger partial charge in [0.2, 0.25) is 0 Å². The molecule has 2 aromatic rings. The lowest BCUT2D eigenvalue weighted by molar-refractivity contribution is 0.620. The van der Waals surface area contributed by atoms with E-state index in [9.17, 15) is 8.78 Å². The molecule has 0 fully saturated rings. The third kappa shape index (κ3) is 2.45. The number of aromatic nitrogens is 1.